The van der Waals surface area contributed by atoms with E-state index in [9.17, 15) is 14.9 Å². The maximum atomic E-state index is 12.8. The molecule has 0 aromatic heterocycles. The summed E-state index contributed by atoms with van der Waals surface area (Å²) in [6, 6.07) is 14.4. The van der Waals surface area contributed by atoms with Crippen molar-refractivity contribution < 1.29 is 14.5 Å². The van der Waals surface area contributed by atoms with E-state index < -0.39 is 11.0 Å². The van der Waals surface area contributed by atoms with Crippen molar-refractivity contribution in [1.29, 1.82) is 0 Å². The van der Waals surface area contributed by atoms with Gasteiger partial charge in [-0.05, 0) is 42.2 Å². The number of nitro benzene ring substituents is 1. The van der Waals surface area contributed by atoms with Crippen molar-refractivity contribution in [3.8, 4) is 5.75 Å². The molecule has 0 unspecified atom stereocenters. The minimum atomic E-state index is -0.559. The van der Waals surface area contributed by atoms with E-state index in [0.717, 1.165) is 5.69 Å². The number of benzene rings is 2. The second-order valence-electron chi connectivity index (χ2n) is 8.62. The molecule has 0 saturated carbocycles. The third-order valence-electron chi connectivity index (χ3n) is 5.40. The summed E-state index contributed by atoms with van der Waals surface area (Å²) in [5, 5.41) is 10.8. The molecule has 0 aliphatic carbocycles. The SMILES string of the molecule is C[C@@H](Oc1ccc(C(C)(C)C)cc1)C(=O)N1CCN(c2ccc([N+](=O)[O-])cc2)CC1. The van der Waals surface area contributed by atoms with E-state index in [1.807, 2.05) is 29.2 Å². The Morgan fingerprint density at radius 3 is 2.07 bits per heavy atom. The molecule has 2 aromatic rings. The zero-order chi connectivity index (χ0) is 21.9. The number of piperazine rings is 1. The van der Waals surface area contributed by atoms with E-state index in [1.54, 1.807) is 19.1 Å². The maximum absolute atomic E-state index is 12.8. The molecule has 30 heavy (non-hydrogen) atoms. The Balaban J connectivity index is 1.53. The number of carbonyl (C=O) groups excluding carboxylic acids is 1. The van der Waals surface area contributed by atoms with Gasteiger partial charge in [0.25, 0.3) is 11.6 Å². The molecule has 1 saturated heterocycles. The molecule has 7 nitrogen and oxygen atoms in total. The van der Waals surface area contributed by atoms with Crippen LogP contribution in [-0.2, 0) is 10.2 Å². The van der Waals surface area contributed by atoms with Gasteiger partial charge in [-0.15, -0.1) is 0 Å². The number of non-ortho nitro benzene ring substituents is 1. The molecule has 0 spiro atoms. The van der Waals surface area contributed by atoms with Crippen molar-refractivity contribution >= 4 is 17.3 Å². The van der Waals surface area contributed by atoms with Crippen LogP contribution < -0.4 is 9.64 Å². The Morgan fingerprint density at radius 1 is 1.00 bits per heavy atom. The highest BCUT2D eigenvalue weighted by Gasteiger charge is 2.26. The molecule has 3 rings (SSSR count). The van der Waals surface area contributed by atoms with Crippen molar-refractivity contribution in [2.75, 3.05) is 31.1 Å². The number of anilines is 1. The predicted octanol–water partition coefficient (Wildman–Crippen LogP) is 4.01. The molecule has 7 heteroatoms. The third-order valence-corrected chi connectivity index (χ3v) is 5.40. The summed E-state index contributed by atoms with van der Waals surface area (Å²) in [4.78, 5) is 27.1. The van der Waals surface area contributed by atoms with E-state index >= 15 is 0 Å². The standard InChI is InChI=1S/C23H29N3O4/c1-17(30-21-11-5-18(6-12-21)23(2,3)4)22(27)25-15-13-24(14-16-25)19-7-9-20(10-8-19)26(28)29/h5-12,17H,13-16H2,1-4H3/t17-/m1/s1. The van der Waals surface area contributed by atoms with Crippen LogP contribution in [0, 0.1) is 10.1 Å². The van der Waals surface area contributed by atoms with Gasteiger partial charge < -0.3 is 14.5 Å². The second kappa shape index (κ2) is 8.73. The van der Waals surface area contributed by atoms with Crippen LogP contribution >= 0.6 is 0 Å². The number of nitrogens with zero attached hydrogens (tertiary/aromatic N) is 3. The Labute approximate surface area is 177 Å². The van der Waals surface area contributed by atoms with Crippen LogP contribution in [0.1, 0.15) is 33.3 Å². The Bertz CT molecular complexity index is 880. The lowest BCUT2D eigenvalue weighted by molar-refractivity contribution is -0.384. The van der Waals surface area contributed by atoms with Crippen LogP contribution in [-0.4, -0.2) is 48.0 Å². The highest BCUT2D eigenvalue weighted by molar-refractivity contribution is 5.81. The molecular formula is C23H29N3O4. The topological polar surface area (TPSA) is 75.9 Å². The van der Waals surface area contributed by atoms with Crippen molar-refractivity contribution in [1.82, 2.24) is 4.90 Å². The van der Waals surface area contributed by atoms with E-state index in [4.69, 9.17) is 4.74 Å². The average molecular weight is 412 g/mol. The molecule has 0 bridgehead atoms. The van der Waals surface area contributed by atoms with Crippen LogP contribution in [0.4, 0.5) is 11.4 Å². The molecule has 160 valence electrons. The van der Waals surface area contributed by atoms with Gasteiger partial charge in [-0.1, -0.05) is 32.9 Å². The normalized spacial score (nSPS) is 15.6. The largest absolute Gasteiger partial charge is 0.481 e. The average Bonchev–Trinajstić information content (AvgIpc) is 2.73. The number of nitro groups is 1. The van der Waals surface area contributed by atoms with Crippen molar-refractivity contribution in [2.45, 2.75) is 39.2 Å². The van der Waals surface area contributed by atoms with Crippen LogP contribution in [0.15, 0.2) is 48.5 Å². The fraction of sp³-hybridized carbons (Fsp3) is 0.435. The van der Waals surface area contributed by atoms with Gasteiger partial charge in [0.2, 0.25) is 0 Å². The smallest absolute Gasteiger partial charge is 0.269 e. The van der Waals surface area contributed by atoms with Gasteiger partial charge in [-0.2, -0.15) is 0 Å². The van der Waals surface area contributed by atoms with Gasteiger partial charge in [0.05, 0.1) is 4.92 Å². The van der Waals surface area contributed by atoms with Gasteiger partial charge >= 0.3 is 0 Å². The summed E-state index contributed by atoms with van der Waals surface area (Å²) in [7, 11) is 0. The van der Waals surface area contributed by atoms with Gasteiger partial charge in [0, 0.05) is 44.0 Å². The van der Waals surface area contributed by atoms with Gasteiger partial charge in [-0.25, -0.2) is 0 Å². The predicted molar refractivity (Wildman–Crippen MR) is 117 cm³/mol. The van der Waals surface area contributed by atoms with E-state index in [-0.39, 0.29) is 17.0 Å². The Morgan fingerprint density at radius 2 is 1.57 bits per heavy atom. The van der Waals surface area contributed by atoms with Crippen molar-refractivity contribution in [2.24, 2.45) is 0 Å². The van der Waals surface area contributed by atoms with Gasteiger partial charge in [0.15, 0.2) is 6.10 Å². The van der Waals surface area contributed by atoms with Gasteiger partial charge in [0.1, 0.15) is 5.75 Å². The van der Waals surface area contributed by atoms with E-state index in [1.165, 1.54) is 17.7 Å². The van der Waals surface area contributed by atoms with E-state index in [0.29, 0.717) is 31.9 Å². The van der Waals surface area contributed by atoms with Crippen molar-refractivity contribution in [3.05, 3.63) is 64.2 Å². The molecule has 1 fully saturated rings. The fourth-order valence-corrected chi connectivity index (χ4v) is 3.52. The number of rotatable bonds is 5. The molecule has 1 heterocycles. The summed E-state index contributed by atoms with van der Waals surface area (Å²) < 4.78 is 5.88. The zero-order valence-electron chi connectivity index (χ0n) is 18.0. The number of hydrogen-bond donors (Lipinski definition) is 0. The summed E-state index contributed by atoms with van der Waals surface area (Å²) in [6.45, 7) is 10.8. The first-order chi connectivity index (χ1) is 14.1. The third kappa shape index (κ3) is 5.09. The minimum Gasteiger partial charge on any atom is -0.481 e. The first kappa shape index (κ1) is 21.6. The van der Waals surface area contributed by atoms with Crippen LogP contribution in [0.5, 0.6) is 5.75 Å². The summed E-state index contributed by atoms with van der Waals surface area (Å²) in [6.07, 6.45) is -0.559. The molecule has 1 atom stereocenters. The Kier molecular flexibility index (Phi) is 6.29. The maximum Gasteiger partial charge on any atom is 0.269 e. The highest BCUT2D eigenvalue weighted by Crippen LogP contribution is 2.25. The van der Waals surface area contributed by atoms with E-state index in [2.05, 4.69) is 25.7 Å². The lowest BCUT2D eigenvalue weighted by atomic mass is 9.87. The van der Waals surface area contributed by atoms with Gasteiger partial charge in [-0.3, -0.25) is 14.9 Å². The number of ether oxygens (including phenoxy) is 1. The van der Waals surface area contributed by atoms with Crippen molar-refractivity contribution in [3.63, 3.8) is 0 Å². The first-order valence-corrected chi connectivity index (χ1v) is 10.2. The monoisotopic (exact) mass is 411 g/mol. The lowest BCUT2D eigenvalue weighted by Gasteiger charge is -2.37. The molecule has 1 amide bonds. The molecule has 2 aromatic carbocycles. The van der Waals surface area contributed by atoms with Crippen LogP contribution in [0.3, 0.4) is 0 Å². The minimum absolute atomic E-state index is 0.0294. The molecule has 1 aliphatic rings. The van der Waals surface area contributed by atoms with Crippen LogP contribution in [0.25, 0.3) is 0 Å². The summed E-state index contributed by atoms with van der Waals surface area (Å²) in [5.74, 6) is 0.659. The molecule has 1 aliphatic heterocycles. The molecule has 0 N–H and O–H groups in total. The quantitative estimate of drug-likeness (QED) is 0.549. The fourth-order valence-electron chi connectivity index (χ4n) is 3.52. The molecular weight excluding hydrogens is 382 g/mol. The summed E-state index contributed by atoms with van der Waals surface area (Å²) in [5.41, 5.74) is 2.30. The highest BCUT2D eigenvalue weighted by atomic mass is 16.6. The lowest BCUT2D eigenvalue weighted by Crippen LogP contribution is -2.52. The van der Waals surface area contributed by atoms with Crippen LogP contribution in [0.2, 0.25) is 0 Å². The number of amides is 1. The Hall–Kier alpha value is -3.09. The number of hydrogen-bond acceptors (Lipinski definition) is 5. The summed E-state index contributed by atoms with van der Waals surface area (Å²) >= 11 is 0. The number of carbonyl (C=O) groups is 1. The zero-order valence-corrected chi connectivity index (χ0v) is 18.0. The first-order valence-electron chi connectivity index (χ1n) is 10.2. The second-order valence-corrected chi connectivity index (χ2v) is 8.62. The molecule has 0 radical (unpaired) electrons.